The third-order valence-corrected chi connectivity index (χ3v) is 11.5. The van der Waals surface area contributed by atoms with Crippen molar-refractivity contribution in [3.8, 4) is 0 Å². The number of ketones is 1. The summed E-state index contributed by atoms with van der Waals surface area (Å²) in [5.41, 5.74) is 1.61. The molecule has 7 aliphatic rings. The predicted octanol–water partition coefficient (Wildman–Crippen LogP) is 8.29. The maximum atomic E-state index is 9.92. The van der Waals surface area contributed by atoms with Crippen molar-refractivity contribution in [2.45, 2.75) is 68.0 Å². The van der Waals surface area contributed by atoms with Crippen LogP contribution in [0.2, 0.25) is 0 Å². The van der Waals surface area contributed by atoms with Crippen LogP contribution in [0.4, 0.5) is 0 Å². The van der Waals surface area contributed by atoms with Gasteiger partial charge in [-0.15, -0.1) is 58.0 Å². The van der Waals surface area contributed by atoms with Gasteiger partial charge in [-0.3, -0.25) is 19.8 Å². The van der Waals surface area contributed by atoms with E-state index < -0.39 is 5.72 Å². The normalized spacial score (nSPS) is 20.4. The van der Waals surface area contributed by atoms with Crippen molar-refractivity contribution in [3.05, 3.63) is 21.7 Å². The second-order valence-corrected chi connectivity index (χ2v) is 14.1. The number of hydrogen-bond acceptors (Lipinski definition) is 12. The molecule has 302 valence electrons. The molecule has 19 heteroatoms. The zero-order valence-electron chi connectivity index (χ0n) is 32.0. The van der Waals surface area contributed by atoms with Crippen LogP contribution in [0.15, 0.2) is 36.7 Å². The first-order valence-corrected chi connectivity index (χ1v) is 23.3. The maximum absolute atomic E-state index is 9.92. The number of hydrogen-bond donors (Lipinski definition) is 3. The van der Waals surface area contributed by atoms with Gasteiger partial charge in [0.05, 0.1) is 54.8 Å². The molecule has 10 nitrogen and oxygen atoms in total. The van der Waals surface area contributed by atoms with Gasteiger partial charge in [-0.1, -0.05) is 90.7 Å². The highest BCUT2D eigenvalue weighted by molar-refractivity contribution is 8.17. The zero-order valence-corrected chi connectivity index (χ0v) is 39.1. The number of nitrogens with one attached hydrogen (secondary N) is 2. The van der Waals surface area contributed by atoms with Gasteiger partial charge in [0.25, 0.3) is 0 Å². The van der Waals surface area contributed by atoms with E-state index in [1.807, 2.05) is 60.3 Å². The van der Waals surface area contributed by atoms with E-state index in [0.29, 0.717) is 17.5 Å². The number of carbonyl (C=O) groups is 1. The first kappa shape index (κ1) is 53.8. The number of thioether (sulfide) groups is 3. The van der Waals surface area contributed by atoms with Gasteiger partial charge in [-0.25, -0.2) is 0 Å². The first-order valence-electron chi connectivity index (χ1n) is 17.6. The molecule has 0 radical (unpaired) electrons. The summed E-state index contributed by atoms with van der Waals surface area (Å²) >= 11 is 36.9. The van der Waals surface area contributed by atoms with E-state index in [2.05, 4.69) is 47.7 Å². The van der Waals surface area contributed by atoms with E-state index in [9.17, 15) is 9.90 Å². The topological polar surface area (TPSA) is 108 Å². The minimum Gasteiger partial charge on any atom is -0.369 e. The van der Waals surface area contributed by atoms with Crippen molar-refractivity contribution in [2.75, 3.05) is 87.5 Å². The van der Waals surface area contributed by atoms with Crippen LogP contribution in [0.1, 0.15) is 62.3 Å². The minimum atomic E-state index is -0.832. The Bertz CT molecular complexity index is 1180. The van der Waals surface area contributed by atoms with Crippen molar-refractivity contribution >= 4 is 132 Å². The Morgan fingerprint density at radius 1 is 0.827 bits per heavy atom. The summed E-state index contributed by atoms with van der Waals surface area (Å²) in [7, 11) is 0. The lowest BCUT2D eigenvalue weighted by atomic mass is 10.3. The van der Waals surface area contributed by atoms with Crippen LogP contribution in [0.5, 0.6) is 0 Å². The first-order chi connectivity index (χ1) is 25.2. The largest absolute Gasteiger partial charge is 0.369 e. The highest BCUT2D eigenvalue weighted by Gasteiger charge is 2.44. The smallest absolute Gasteiger partial charge is 0.168 e. The Morgan fingerprint density at radius 3 is 1.81 bits per heavy atom. The Balaban J connectivity index is 0. The molecule has 0 aliphatic carbocycles. The molecule has 0 bridgehead atoms. The number of alkyl halides is 5. The molecule has 7 heterocycles. The van der Waals surface area contributed by atoms with E-state index in [1.165, 1.54) is 16.3 Å². The standard InChI is InChI=1S/C7H9ClN2S.C6H9ClN2OS.C6H7ClN2S.C3H4Cl2O.C3H6N2S.4C2H6/c1-5-6(4-8)10-3-2-9-7(10)11-5;7-3-6(10)4-11-5-8-1-2-9(5)6;7-3-5-4-10-6-8-1-2-9(5)6;4-1-3(6)2-5;6-3-4-1-2-5-3;4*1-2/h2-4H2,1H3;10H,1-4H2;4H,1-3H2;1-2H2;1-2H2,(H2,4,5,6);4*1-2H3. The molecule has 0 aromatic rings. The van der Waals surface area contributed by atoms with Crippen LogP contribution in [-0.4, -0.2) is 139 Å². The molecule has 52 heavy (non-hydrogen) atoms. The summed E-state index contributed by atoms with van der Waals surface area (Å²) in [6.07, 6.45) is 0. The van der Waals surface area contributed by atoms with Crippen LogP contribution < -0.4 is 10.6 Å². The average Bonchev–Trinajstić information content (AvgIpc) is 4.06. The number of allylic oxidation sites excluding steroid dienone is 3. The maximum Gasteiger partial charge on any atom is 0.168 e. The van der Waals surface area contributed by atoms with E-state index in [0.717, 1.165) is 73.0 Å². The number of aliphatic hydroxyl groups is 1. The lowest BCUT2D eigenvalue weighted by Gasteiger charge is -2.29. The highest BCUT2D eigenvalue weighted by atomic mass is 35.5. The van der Waals surface area contributed by atoms with Crippen molar-refractivity contribution in [3.63, 3.8) is 0 Å². The van der Waals surface area contributed by atoms with E-state index in [4.69, 9.17) is 70.2 Å². The van der Waals surface area contributed by atoms with Gasteiger partial charge >= 0.3 is 0 Å². The van der Waals surface area contributed by atoms with Crippen LogP contribution in [0, 0.1) is 0 Å². The Kier molecular flexibility index (Phi) is 34.1. The fourth-order valence-corrected chi connectivity index (χ4v) is 8.94. The Morgan fingerprint density at radius 2 is 1.35 bits per heavy atom. The lowest BCUT2D eigenvalue weighted by Crippen LogP contribution is -2.48. The third kappa shape index (κ3) is 18.1. The van der Waals surface area contributed by atoms with Crippen molar-refractivity contribution in [2.24, 2.45) is 15.0 Å². The quantitative estimate of drug-likeness (QED) is 0.183. The van der Waals surface area contributed by atoms with Gasteiger partial charge in [0, 0.05) is 49.0 Å². The van der Waals surface area contributed by atoms with E-state index in [1.54, 1.807) is 35.3 Å². The number of thiocarbonyl (C=S) groups is 1. The third-order valence-electron chi connectivity index (χ3n) is 6.43. The van der Waals surface area contributed by atoms with Gasteiger partial charge in [0.1, 0.15) is 0 Å². The molecule has 3 N–H and O–H groups in total. The van der Waals surface area contributed by atoms with E-state index >= 15 is 0 Å². The second-order valence-electron chi connectivity index (χ2n) is 9.44. The molecule has 0 saturated carbocycles. The van der Waals surface area contributed by atoms with Crippen molar-refractivity contribution in [1.82, 2.24) is 25.3 Å². The molecule has 0 aromatic heterocycles. The number of rotatable bonds is 5. The number of carbonyl (C=O) groups excluding carboxylic acids is 1. The number of halogens is 5. The van der Waals surface area contributed by atoms with Gasteiger partial charge in [0.15, 0.2) is 32.1 Å². The van der Waals surface area contributed by atoms with Crippen molar-refractivity contribution < 1.29 is 9.90 Å². The predicted molar refractivity (Wildman–Crippen MR) is 243 cm³/mol. The van der Waals surface area contributed by atoms with Crippen LogP contribution in [0.3, 0.4) is 0 Å². The van der Waals surface area contributed by atoms with Crippen LogP contribution in [-0.2, 0) is 4.79 Å². The molecule has 1 atom stereocenters. The summed E-state index contributed by atoms with van der Waals surface area (Å²) in [6, 6.07) is 0. The van der Waals surface area contributed by atoms with Gasteiger partial charge in [-0.05, 0) is 24.5 Å². The van der Waals surface area contributed by atoms with E-state index in [-0.39, 0.29) is 23.4 Å². The van der Waals surface area contributed by atoms with Gasteiger partial charge in [0.2, 0.25) is 0 Å². The molecule has 0 amide bonds. The number of aliphatic imine (C=N–C) groups is 3. The van der Waals surface area contributed by atoms with Crippen LogP contribution in [0.25, 0.3) is 0 Å². The molecule has 0 aromatic carbocycles. The minimum absolute atomic E-state index is 0.0312. The van der Waals surface area contributed by atoms with Crippen molar-refractivity contribution in [1.29, 1.82) is 0 Å². The summed E-state index contributed by atoms with van der Waals surface area (Å²) < 4.78 is 0. The molecule has 0 spiro atoms. The molecule has 7 aliphatic heterocycles. The molecular formula is C33H59Cl5N8O2S4. The molecular weight excluding hydrogens is 846 g/mol. The van der Waals surface area contributed by atoms with Gasteiger partial charge < -0.3 is 30.4 Å². The molecule has 7 rings (SSSR count). The molecule has 1 unspecified atom stereocenters. The highest BCUT2D eigenvalue weighted by Crippen LogP contribution is 2.36. The van der Waals surface area contributed by atoms with Crippen LogP contribution >= 0.6 is 106 Å². The Hall–Kier alpha value is -0.290. The number of nitrogens with zero attached hydrogens (tertiary/aromatic N) is 6. The monoisotopic (exact) mass is 902 g/mol. The molecule has 2 fully saturated rings. The number of amidine groups is 3. The number of fused-ring (bicyclic) bond motifs is 3. The fraction of sp³-hybridized carbons (Fsp3) is 0.727. The second kappa shape index (κ2) is 32.9. The molecule has 2 saturated heterocycles. The lowest BCUT2D eigenvalue weighted by molar-refractivity contribution is -0.114. The zero-order chi connectivity index (χ0) is 40.1. The fourth-order valence-electron chi connectivity index (χ4n) is 4.15. The van der Waals surface area contributed by atoms with Gasteiger partial charge in [-0.2, -0.15) is 0 Å². The summed E-state index contributed by atoms with van der Waals surface area (Å²) in [5, 5.41) is 21.8. The summed E-state index contributed by atoms with van der Waals surface area (Å²) in [5.74, 6) is 2.06. The Labute approximate surface area is 356 Å². The number of Topliss-reactive ketones (excluding diaryl/α,β-unsaturated/α-hetero) is 1. The summed E-state index contributed by atoms with van der Waals surface area (Å²) in [4.78, 5) is 30.4. The average molecular weight is 905 g/mol. The summed E-state index contributed by atoms with van der Waals surface area (Å²) in [6.45, 7) is 25.6. The SMILES string of the molecule is CC.CC.CC.CC.CC1=C(CCl)N2CCN=C2S1.ClCC1=CSC2=NCCN12.O=C(CCl)CCl.OC1(CCl)CSC2=NCCN21.S=C1NCCN1.